The largest absolute Gasteiger partial charge is 0.366 e. The van der Waals surface area contributed by atoms with Crippen LogP contribution in [0.1, 0.15) is 16.8 Å². The van der Waals surface area contributed by atoms with Crippen LogP contribution in [0, 0.1) is 13.8 Å². The number of pyridine rings is 1. The van der Waals surface area contributed by atoms with E-state index in [-0.39, 0.29) is 10.6 Å². The van der Waals surface area contributed by atoms with E-state index in [1.807, 2.05) is 6.20 Å². The maximum Gasteiger partial charge on any atom is 0.285 e. The third-order valence-corrected chi connectivity index (χ3v) is 4.74. The van der Waals surface area contributed by atoms with E-state index in [4.69, 9.17) is 11.6 Å². The van der Waals surface area contributed by atoms with Gasteiger partial charge >= 0.3 is 0 Å². The fourth-order valence-corrected chi connectivity index (χ4v) is 3.14. The summed E-state index contributed by atoms with van der Waals surface area (Å²) in [6.45, 7) is 8.56. The highest BCUT2D eigenvalue weighted by molar-refractivity contribution is 6.32. The monoisotopic (exact) mass is 333 g/mol. The van der Waals surface area contributed by atoms with Crippen LogP contribution in [0.4, 0.5) is 5.69 Å². The zero-order valence-corrected chi connectivity index (χ0v) is 14.1. The van der Waals surface area contributed by atoms with E-state index in [0.29, 0.717) is 5.69 Å². The summed E-state index contributed by atoms with van der Waals surface area (Å²) in [4.78, 5) is 20.5. The molecule has 23 heavy (non-hydrogen) atoms. The van der Waals surface area contributed by atoms with Crippen molar-refractivity contribution in [2.45, 2.75) is 20.4 Å². The van der Waals surface area contributed by atoms with Gasteiger partial charge in [-0.15, -0.1) is 0 Å². The fraction of sp³-hybridized carbons (Fsp3) is 0.438. The lowest BCUT2D eigenvalue weighted by molar-refractivity contribution is 0.248. The van der Waals surface area contributed by atoms with Crippen molar-refractivity contribution in [1.29, 1.82) is 0 Å². The van der Waals surface area contributed by atoms with Gasteiger partial charge in [-0.25, -0.2) is 5.10 Å². The molecule has 3 heterocycles. The lowest BCUT2D eigenvalue weighted by atomic mass is 10.1. The van der Waals surface area contributed by atoms with Gasteiger partial charge in [0.15, 0.2) is 0 Å². The first-order valence-corrected chi connectivity index (χ1v) is 8.05. The van der Waals surface area contributed by atoms with Gasteiger partial charge in [-0.3, -0.25) is 14.7 Å². The Morgan fingerprint density at radius 2 is 2.00 bits per heavy atom. The Morgan fingerprint density at radius 3 is 2.70 bits per heavy atom. The molecule has 3 rings (SSSR count). The number of aromatic nitrogens is 3. The number of halogens is 1. The summed E-state index contributed by atoms with van der Waals surface area (Å²) in [5, 5.41) is 6.41. The minimum absolute atomic E-state index is 0.215. The van der Waals surface area contributed by atoms with Gasteiger partial charge in [0.1, 0.15) is 5.02 Å². The van der Waals surface area contributed by atoms with Crippen LogP contribution in [0.3, 0.4) is 0 Å². The van der Waals surface area contributed by atoms with Gasteiger partial charge in [-0.1, -0.05) is 11.6 Å². The molecule has 122 valence electrons. The molecule has 0 atom stereocenters. The standard InChI is InChI=1S/C16H20ClN5O/c1-11-3-4-18-12(2)13(11)10-21-5-7-22(8-6-21)14-9-19-20-16(23)15(14)17/h3-4,9H,5-8,10H2,1-2H3,(H,20,23). The number of aromatic amines is 1. The minimum Gasteiger partial charge on any atom is -0.366 e. The molecule has 2 aromatic heterocycles. The van der Waals surface area contributed by atoms with Crippen molar-refractivity contribution >= 4 is 17.3 Å². The van der Waals surface area contributed by atoms with Crippen molar-refractivity contribution < 1.29 is 0 Å². The van der Waals surface area contributed by atoms with Crippen LogP contribution in [0.2, 0.25) is 5.02 Å². The Bertz CT molecular complexity index is 732. The first-order valence-electron chi connectivity index (χ1n) is 7.68. The molecule has 1 saturated heterocycles. The Hall–Kier alpha value is -1.92. The number of piperazine rings is 1. The van der Waals surface area contributed by atoms with Gasteiger partial charge < -0.3 is 4.90 Å². The Kier molecular flexibility index (Phi) is 4.63. The highest BCUT2D eigenvalue weighted by atomic mass is 35.5. The number of nitrogens with zero attached hydrogens (tertiary/aromatic N) is 4. The zero-order chi connectivity index (χ0) is 16.4. The average Bonchev–Trinajstić information content (AvgIpc) is 2.54. The SMILES string of the molecule is Cc1ccnc(C)c1CN1CCN(c2cn[nH]c(=O)c2Cl)CC1. The van der Waals surface area contributed by atoms with Gasteiger partial charge in [0.05, 0.1) is 11.9 Å². The van der Waals surface area contributed by atoms with Crippen molar-refractivity contribution in [3.05, 3.63) is 50.7 Å². The van der Waals surface area contributed by atoms with Crippen LogP contribution in [0.5, 0.6) is 0 Å². The summed E-state index contributed by atoms with van der Waals surface area (Å²) < 4.78 is 0. The number of H-pyrrole nitrogens is 1. The van der Waals surface area contributed by atoms with Gasteiger partial charge in [0.2, 0.25) is 0 Å². The molecule has 0 bridgehead atoms. The number of aryl methyl sites for hydroxylation is 2. The molecule has 2 aromatic rings. The molecular formula is C16H20ClN5O. The van der Waals surface area contributed by atoms with Crippen LogP contribution in [-0.2, 0) is 6.54 Å². The zero-order valence-electron chi connectivity index (χ0n) is 13.3. The van der Waals surface area contributed by atoms with Crippen molar-refractivity contribution in [3.63, 3.8) is 0 Å². The van der Waals surface area contributed by atoms with Crippen LogP contribution >= 0.6 is 11.6 Å². The maximum atomic E-state index is 11.6. The average molecular weight is 334 g/mol. The summed E-state index contributed by atoms with van der Waals surface area (Å²) in [7, 11) is 0. The van der Waals surface area contributed by atoms with Gasteiger partial charge in [0, 0.05) is 44.6 Å². The fourth-order valence-electron chi connectivity index (χ4n) is 2.93. The molecule has 7 heteroatoms. The molecule has 0 aliphatic carbocycles. The van der Waals surface area contributed by atoms with Crippen molar-refractivity contribution in [1.82, 2.24) is 20.1 Å². The molecule has 0 unspecified atom stereocenters. The molecule has 1 aliphatic heterocycles. The molecular weight excluding hydrogens is 314 g/mol. The smallest absolute Gasteiger partial charge is 0.285 e. The van der Waals surface area contributed by atoms with Crippen LogP contribution in [-0.4, -0.2) is 46.3 Å². The second-order valence-electron chi connectivity index (χ2n) is 5.85. The van der Waals surface area contributed by atoms with Crippen molar-refractivity contribution in [2.75, 3.05) is 31.1 Å². The lowest BCUT2D eigenvalue weighted by Crippen LogP contribution is -2.46. The molecule has 0 saturated carbocycles. The van der Waals surface area contributed by atoms with Crippen LogP contribution in [0.25, 0.3) is 0 Å². The predicted molar refractivity (Wildman–Crippen MR) is 91.1 cm³/mol. The summed E-state index contributed by atoms with van der Waals surface area (Å²) in [5.41, 5.74) is 4.05. The van der Waals surface area contributed by atoms with E-state index in [9.17, 15) is 4.79 Å². The maximum absolute atomic E-state index is 11.6. The number of hydrogen-bond acceptors (Lipinski definition) is 5. The quantitative estimate of drug-likeness (QED) is 0.927. The topological polar surface area (TPSA) is 65.1 Å². The summed E-state index contributed by atoms with van der Waals surface area (Å²) in [6.07, 6.45) is 3.48. The van der Waals surface area contributed by atoms with Gasteiger partial charge in [-0.05, 0) is 31.0 Å². The predicted octanol–water partition coefficient (Wildman–Crippen LogP) is 1.76. The number of hydrogen-bond donors (Lipinski definition) is 1. The van der Waals surface area contributed by atoms with Crippen molar-refractivity contribution in [3.8, 4) is 0 Å². The van der Waals surface area contributed by atoms with E-state index in [0.717, 1.165) is 38.4 Å². The molecule has 1 aliphatic rings. The first kappa shape index (κ1) is 16.0. The molecule has 6 nitrogen and oxygen atoms in total. The molecule has 1 fully saturated rings. The van der Waals surface area contributed by atoms with E-state index in [1.165, 1.54) is 11.1 Å². The van der Waals surface area contributed by atoms with E-state index in [2.05, 4.69) is 44.9 Å². The molecule has 1 N–H and O–H groups in total. The molecule has 0 aromatic carbocycles. The van der Waals surface area contributed by atoms with Crippen molar-refractivity contribution in [2.24, 2.45) is 0 Å². The lowest BCUT2D eigenvalue weighted by Gasteiger charge is -2.36. The second kappa shape index (κ2) is 6.68. The summed E-state index contributed by atoms with van der Waals surface area (Å²) in [5.74, 6) is 0. The van der Waals surface area contributed by atoms with E-state index >= 15 is 0 Å². The number of rotatable bonds is 3. The molecule has 0 amide bonds. The minimum atomic E-state index is -0.340. The normalized spacial score (nSPS) is 15.9. The van der Waals surface area contributed by atoms with Gasteiger partial charge in [0.25, 0.3) is 5.56 Å². The highest BCUT2D eigenvalue weighted by Gasteiger charge is 2.21. The molecule has 0 spiro atoms. The third-order valence-electron chi connectivity index (χ3n) is 4.38. The van der Waals surface area contributed by atoms with Gasteiger partial charge in [-0.2, -0.15) is 5.10 Å². The first-order chi connectivity index (χ1) is 11.1. The number of anilines is 1. The third kappa shape index (κ3) is 3.38. The Balaban J connectivity index is 1.67. The van der Waals surface area contributed by atoms with E-state index in [1.54, 1.807) is 6.20 Å². The Labute approximate surface area is 140 Å². The Morgan fingerprint density at radius 1 is 1.26 bits per heavy atom. The highest BCUT2D eigenvalue weighted by Crippen LogP contribution is 2.22. The van der Waals surface area contributed by atoms with Crippen LogP contribution < -0.4 is 10.5 Å². The van der Waals surface area contributed by atoms with E-state index < -0.39 is 0 Å². The summed E-state index contributed by atoms with van der Waals surface area (Å²) >= 11 is 6.09. The summed E-state index contributed by atoms with van der Waals surface area (Å²) in [6, 6.07) is 2.06. The number of nitrogens with one attached hydrogen (secondary N) is 1. The van der Waals surface area contributed by atoms with Crippen LogP contribution in [0.15, 0.2) is 23.3 Å². The molecule has 0 radical (unpaired) electrons. The second-order valence-corrected chi connectivity index (χ2v) is 6.23.